The second kappa shape index (κ2) is 41.4. The summed E-state index contributed by atoms with van der Waals surface area (Å²) in [5, 5.41) is 65.4. The first-order chi connectivity index (χ1) is 53.6. The number of piperidine rings is 1. The van der Waals surface area contributed by atoms with Crippen LogP contribution < -0.4 is 74.9 Å². The van der Waals surface area contributed by atoms with E-state index in [2.05, 4.69) is 89.1 Å². The van der Waals surface area contributed by atoms with Crippen molar-refractivity contribution in [2.75, 3.05) is 26.2 Å². The number of likely N-dealkylation sites (N-methyl/N-ethyl adjacent to an activating group) is 1. The van der Waals surface area contributed by atoms with E-state index in [9.17, 15) is 82.4 Å². The molecule has 38 nitrogen and oxygen atoms in total. The molecule has 3 aliphatic rings. The van der Waals surface area contributed by atoms with Gasteiger partial charge in [0.15, 0.2) is 0 Å². The van der Waals surface area contributed by atoms with Gasteiger partial charge in [0.1, 0.15) is 66.0 Å². The quantitative estimate of drug-likeness (QED) is 0.0280. The van der Waals surface area contributed by atoms with E-state index in [0.29, 0.717) is 32.9 Å². The minimum absolute atomic E-state index is 0.0538. The van der Waals surface area contributed by atoms with Crippen LogP contribution in [0.1, 0.15) is 136 Å². The van der Waals surface area contributed by atoms with Crippen LogP contribution in [0.3, 0.4) is 0 Å². The number of benzene rings is 2. The second-order valence-corrected chi connectivity index (χ2v) is 29.2. The Bertz CT molecular complexity index is 4240. The number of aromatic amines is 3. The van der Waals surface area contributed by atoms with Crippen molar-refractivity contribution in [1.82, 2.24) is 94.0 Å². The van der Waals surface area contributed by atoms with Gasteiger partial charge in [-0.05, 0) is 94.0 Å². The fourth-order valence-corrected chi connectivity index (χ4v) is 13.4. The summed E-state index contributed by atoms with van der Waals surface area (Å²) in [6.45, 7) is 10.9. The van der Waals surface area contributed by atoms with E-state index < -0.39 is 230 Å². The van der Waals surface area contributed by atoms with Crippen LogP contribution in [-0.2, 0) is 96.0 Å². The van der Waals surface area contributed by atoms with Gasteiger partial charge in [-0.15, -0.1) is 0 Å². The number of carbonyl (C=O) groups is 16. The highest BCUT2D eigenvalue weighted by atomic mass is 16.4. The van der Waals surface area contributed by atoms with Gasteiger partial charge in [0.2, 0.25) is 82.7 Å². The summed E-state index contributed by atoms with van der Waals surface area (Å²) in [7, 11) is 0. The number of amides is 14. The lowest BCUT2D eigenvalue weighted by atomic mass is 9.85. The number of carboxylic acids is 2. The minimum Gasteiger partial charge on any atom is -0.481 e. The molecule has 14 amide bonds. The molecule has 38 heteroatoms. The molecule has 2 aromatic carbocycles. The SMILES string of the molecule is CCC[C@@H]1NC(=O)[C@H](CCC(=O)O)NC(=O)CNC(=O)[C@H](CC(C)C)NC(=O)[C@H](Cc2c[nH]cn2)NC(=O)[C@H](Cc2c[nH]c3ccccc23)NC(=O)[C@H](C)NC(=O)[C@@H](NC(=O)[C@H](CC(=O)O)NCC)CCC(=O)N2CCC(C(=O)NC(C(N)=O)C(C)O)(CC2)NC(=O)[C@H](Cc2c[nH]c3ccccc23)NC(=O)C(C(C)C)NC1=O. The number of nitrogens with zero attached hydrogens (tertiary/aromatic N) is 2. The number of H-pyrrole nitrogens is 3. The van der Waals surface area contributed by atoms with Crippen LogP contribution in [0.15, 0.2) is 73.4 Å². The Morgan fingerprint density at radius 2 is 1.18 bits per heavy atom. The minimum atomic E-state index is -2.08. The second-order valence-electron chi connectivity index (χ2n) is 29.2. The van der Waals surface area contributed by atoms with Gasteiger partial charge in [-0.1, -0.05) is 84.4 Å². The molecule has 8 rings (SSSR count). The lowest BCUT2D eigenvalue weighted by Gasteiger charge is -2.42. The number of hydrogen-bond donors (Lipinski definition) is 20. The first-order valence-electron chi connectivity index (χ1n) is 37.7. The third-order valence-corrected chi connectivity index (χ3v) is 19.6. The van der Waals surface area contributed by atoms with Gasteiger partial charge in [0.05, 0.1) is 37.1 Å². The third kappa shape index (κ3) is 25.3. The van der Waals surface area contributed by atoms with Gasteiger partial charge in [0, 0.05) is 85.6 Å². The zero-order valence-electron chi connectivity index (χ0n) is 64.4. The summed E-state index contributed by atoms with van der Waals surface area (Å²) in [5.74, 6) is -17.5. The van der Waals surface area contributed by atoms with E-state index >= 15 is 9.59 Å². The molecule has 3 unspecified atom stereocenters. The van der Waals surface area contributed by atoms with Crippen LogP contribution in [0, 0.1) is 11.8 Å². The molecule has 113 heavy (non-hydrogen) atoms. The first kappa shape index (κ1) is 88.4. The predicted octanol–water partition coefficient (Wildman–Crippen LogP) is -2.66. The average molecular weight is 1580 g/mol. The Labute approximate surface area is 650 Å². The van der Waals surface area contributed by atoms with Crippen LogP contribution in [0.2, 0.25) is 0 Å². The number of aliphatic hydroxyl groups is 1. The molecule has 0 saturated carbocycles. The Balaban J connectivity index is 1.29. The summed E-state index contributed by atoms with van der Waals surface area (Å²) < 4.78 is 0. The van der Waals surface area contributed by atoms with Crippen molar-refractivity contribution in [3.05, 3.63) is 90.3 Å². The zero-order valence-corrected chi connectivity index (χ0v) is 64.4. The Hall–Kier alpha value is -11.8. The van der Waals surface area contributed by atoms with E-state index in [0.717, 1.165) is 0 Å². The molecule has 5 aromatic rings. The highest BCUT2D eigenvalue weighted by molar-refractivity contribution is 6.01. The predicted molar refractivity (Wildman–Crippen MR) is 407 cm³/mol. The maximum Gasteiger partial charge on any atom is 0.305 e. The summed E-state index contributed by atoms with van der Waals surface area (Å²) in [6, 6.07) is -3.18. The monoisotopic (exact) mass is 1580 g/mol. The highest BCUT2D eigenvalue weighted by Gasteiger charge is 2.47. The molecule has 6 heterocycles. The Kier molecular flexibility index (Phi) is 32.4. The van der Waals surface area contributed by atoms with Crippen molar-refractivity contribution in [3.63, 3.8) is 0 Å². The van der Waals surface area contributed by atoms with Crippen molar-refractivity contribution in [3.8, 4) is 0 Å². The van der Waals surface area contributed by atoms with E-state index in [1.807, 2.05) is 0 Å². The molecular weight excluding hydrogens is 1470 g/mol. The number of aliphatic carboxylic acids is 2. The maximum atomic E-state index is 15.4. The topological polar surface area (TPSA) is 580 Å². The molecular formula is C75H105N19O19. The van der Waals surface area contributed by atoms with E-state index in [1.165, 1.54) is 31.3 Å². The molecule has 0 spiro atoms. The fourth-order valence-electron chi connectivity index (χ4n) is 13.4. The van der Waals surface area contributed by atoms with Crippen molar-refractivity contribution < 1.29 is 92.0 Å². The average Bonchev–Trinajstić information content (AvgIpc) is 1.44. The largest absolute Gasteiger partial charge is 0.481 e. The molecule has 2 bridgehead atoms. The van der Waals surface area contributed by atoms with Gasteiger partial charge in [-0.25, -0.2) is 4.98 Å². The lowest BCUT2D eigenvalue weighted by Crippen LogP contribution is -2.68. The number of rotatable bonds is 24. The normalized spacial score (nSPS) is 23.9. The van der Waals surface area contributed by atoms with E-state index in [-0.39, 0.29) is 69.8 Å². The van der Waals surface area contributed by atoms with Gasteiger partial charge in [-0.2, -0.15) is 0 Å². The highest BCUT2D eigenvalue weighted by Crippen LogP contribution is 2.27. The lowest BCUT2D eigenvalue weighted by molar-refractivity contribution is -0.143. The summed E-state index contributed by atoms with van der Waals surface area (Å²) in [4.78, 5) is 241. The summed E-state index contributed by atoms with van der Waals surface area (Å²) >= 11 is 0. The molecule has 0 radical (unpaired) electrons. The first-order valence-corrected chi connectivity index (χ1v) is 37.7. The van der Waals surface area contributed by atoms with Crippen LogP contribution >= 0.6 is 0 Å². The zero-order chi connectivity index (χ0) is 83.0. The van der Waals surface area contributed by atoms with Crippen LogP contribution in [-0.4, -0.2) is 239 Å². The van der Waals surface area contributed by atoms with Gasteiger partial charge in [0.25, 0.3) is 0 Å². The summed E-state index contributed by atoms with van der Waals surface area (Å²) in [5.41, 5.74) is 6.10. The molecule has 614 valence electrons. The summed E-state index contributed by atoms with van der Waals surface area (Å²) in [6.07, 6.45) is -0.247. The van der Waals surface area contributed by atoms with Crippen molar-refractivity contribution in [1.29, 1.82) is 0 Å². The number of nitrogens with one attached hydrogen (secondary N) is 16. The van der Waals surface area contributed by atoms with E-state index in [1.54, 1.807) is 102 Å². The van der Waals surface area contributed by atoms with Crippen LogP contribution in [0.4, 0.5) is 0 Å². The number of aliphatic hydroxyl groups excluding tert-OH is 1. The number of carboxylic acid groups (broad SMARTS) is 2. The number of para-hydroxylation sites is 2. The number of fused-ring (bicyclic) bond motifs is 36. The van der Waals surface area contributed by atoms with Gasteiger partial charge >= 0.3 is 11.9 Å². The number of primary amides is 1. The molecule has 3 aromatic heterocycles. The molecule has 3 aliphatic heterocycles. The molecule has 0 aliphatic carbocycles. The molecule has 12 atom stereocenters. The van der Waals surface area contributed by atoms with Crippen LogP contribution in [0.5, 0.6) is 0 Å². The molecule has 3 saturated heterocycles. The van der Waals surface area contributed by atoms with E-state index in [4.69, 9.17) is 5.73 Å². The molecule has 21 N–H and O–H groups in total. The number of aromatic nitrogens is 4. The van der Waals surface area contributed by atoms with Crippen molar-refractivity contribution in [2.45, 2.75) is 217 Å². The van der Waals surface area contributed by atoms with Crippen molar-refractivity contribution >= 4 is 116 Å². The van der Waals surface area contributed by atoms with Crippen molar-refractivity contribution in [2.24, 2.45) is 17.6 Å². The van der Waals surface area contributed by atoms with Gasteiger partial charge < -0.3 is 110 Å². The maximum absolute atomic E-state index is 15.4. The fraction of sp³-hybridized carbons (Fsp3) is 0.533. The Morgan fingerprint density at radius 3 is 1.73 bits per heavy atom. The van der Waals surface area contributed by atoms with Gasteiger partial charge in [-0.3, -0.25) is 76.7 Å². The number of carbonyl (C=O) groups excluding carboxylic acids is 14. The third-order valence-electron chi connectivity index (χ3n) is 19.6. The molecule has 3 fully saturated rings. The number of imidazole rings is 1. The Morgan fingerprint density at radius 1 is 0.628 bits per heavy atom. The standard InChI is InChI=1S/C75H105N19O19/c1-9-15-49-68(107)91-61(39(5)6)73(112)90-55(30-43-34-80-48-19-14-12-17-46(43)48)72(111)93-75(74(113)92-62(41(8)95)63(76)102)24-26-94(27-25-75)58(97)22-20-51(86-69(108)52(78-10-2)32-60(100)101)66(105)83-40(7)64(103)87-54(29-42-33-79-47-18-13-11-16-45(42)47)70(109)89-56(31-44-35-77-37-82-44)71(110)88-53(28-38(3)4)65(104)81-36-57(96)84-50(67(106)85-49)21-23-59(98)99/h11-14,16-19,33-35,37-41,49-56,61-62,78-80,95H,9-10,15,20-32,36H2,1-8H3,(H2,76,102)(H,77,82)(H,81,104)(H,83,105)(H,84,96)(H,85,106)(H,86,108)(H,87,103)(H,88,110)(H,89,109)(H,90,112)(H,91,107)(H,92,113)(H,93,111)(H,98,99)(H,100,101)/t40-,41?,49-,50-,51-,52-,53-,54-,55-,56-,61?,62?/m0/s1. The van der Waals surface area contributed by atoms with Crippen LogP contribution in [0.25, 0.3) is 21.8 Å². The smallest absolute Gasteiger partial charge is 0.305 e. The number of hydrogen-bond acceptors (Lipinski definition) is 19. The number of nitrogens with two attached hydrogens (primary N) is 1.